The zero-order valence-electron chi connectivity index (χ0n) is 10.1. The third kappa shape index (κ3) is 4.78. The maximum atomic E-state index is 9.49. The molecular weight excluding hydrogens is 208 g/mol. The third-order valence-electron chi connectivity index (χ3n) is 2.94. The number of hydrogen-bond donors (Lipinski definition) is 2. The average molecular weight is 232 g/mol. The normalized spacial score (nSPS) is 30.6. The van der Waals surface area contributed by atoms with Gasteiger partial charge in [-0.2, -0.15) is 0 Å². The van der Waals surface area contributed by atoms with Crippen LogP contribution in [0.1, 0.15) is 45.4 Å². The summed E-state index contributed by atoms with van der Waals surface area (Å²) in [6.07, 6.45) is 4.79. The molecule has 4 heteroatoms. The predicted molar refractivity (Wildman–Crippen MR) is 61.1 cm³/mol. The van der Waals surface area contributed by atoms with Crippen LogP contribution in [0.2, 0.25) is 0 Å². The molecule has 2 unspecified atom stereocenters. The molecule has 1 aliphatic heterocycles. The van der Waals surface area contributed by atoms with Gasteiger partial charge in [0.2, 0.25) is 0 Å². The zero-order valence-corrected chi connectivity index (χ0v) is 10.1. The fourth-order valence-electron chi connectivity index (χ4n) is 1.88. The lowest BCUT2D eigenvalue weighted by Gasteiger charge is -2.32. The van der Waals surface area contributed by atoms with Gasteiger partial charge in [0.25, 0.3) is 0 Å². The lowest BCUT2D eigenvalue weighted by molar-refractivity contribution is -0.229. The molecule has 2 N–H and O–H groups in total. The largest absolute Gasteiger partial charge is 0.394 e. The Morgan fingerprint density at radius 2 is 2.06 bits per heavy atom. The van der Waals surface area contributed by atoms with Crippen molar-refractivity contribution in [2.75, 3.05) is 13.2 Å². The van der Waals surface area contributed by atoms with Crippen molar-refractivity contribution in [1.82, 2.24) is 0 Å². The minimum absolute atomic E-state index is 0.142. The van der Waals surface area contributed by atoms with E-state index in [-0.39, 0.29) is 12.9 Å². The topological polar surface area (TPSA) is 58.9 Å². The summed E-state index contributed by atoms with van der Waals surface area (Å²) in [7, 11) is 0. The first-order valence-electron chi connectivity index (χ1n) is 6.34. The van der Waals surface area contributed by atoms with E-state index in [1.807, 2.05) is 0 Å². The van der Waals surface area contributed by atoms with E-state index < -0.39 is 12.2 Å². The fraction of sp³-hybridized carbons (Fsp3) is 1.00. The molecule has 16 heavy (non-hydrogen) atoms. The molecule has 0 bridgehead atoms. The van der Waals surface area contributed by atoms with E-state index in [0.29, 0.717) is 19.4 Å². The van der Waals surface area contributed by atoms with Crippen LogP contribution in [0.4, 0.5) is 0 Å². The van der Waals surface area contributed by atoms with Crippen LogP contribution in [-0.4, -0.2) is 41.9 Å². The van der Waals surface area contributed by atoms with Crippen molar-refractivity contribution >= 4 is 0 Å². The lowest BCUT2D eigenvalue weighted by atomic mass is 10.1. The lowest BCUT2D eigenvalue weighted by Crippen LogP contribution is -2.42. The summed E-state index contributed by atoms with van der Waals surface area (Å²) in [4.78, 5) is 0. The van der Waals surface area contributed by atoms with Gasteiger partial charge in [0, 0.05) is 13.0 Å². The molecule has 0 radical (unpaired) electrons. The quantitative estimate of drug-likeness (QED) is 0.652. The summed E-state index contributed by atoms with van der Waals surface area (Å²) in [6, 6.07) is 0. The van der Waals surface area contributed by atoms with Crippen molar-refractivity contribution in [1.29, 1.82) is 0 Å². The Morgan fingerprint density at radius 3 is 2.75 bits per heavy atom. The van der Waals surface area contributed by atoms with E-state index >= 15 is 0 Å². The predicted octanol–water partition coefficient (Wildman–Crippen LogP) is 1.44. The molecule has 3 atom stereocenters. The highest BCUT2D eigenvalue weighted by molar-refractivity contribution is 4.74. The summed E-state index contributed by atoms with van der Waals surface area (Å²) < 4.78 is 11.0. The number of ether oxygens (including phenoxy) is 2. The Bertz CT molecular complexity index is 174. The van der Waals surface area contributed by atoms with Crippen LogP contribution >= 0.6 is 0 Å². The minimum atomic E-state index is -0.551. The van der Waals surface area contributed by atoms with Gasteiger partial charge < -0.3 is 19.7 Å². The van der Waals surface area contributed by atoms with Gasteiger partial charge >= 0.3 is 0 Å². The Balaban J connectivity index is 2.08. The average Bonchev–Trinajstić information content (AvgIpc) is 2.31. The molecule has 4 nitrogen and oxygen atoms in total. The Morgan fingerprint density at radius 1 is 1.25 bits per heavy atom. The van der Waals surface area contributed by atoms with Crippen molar-refractivity contribution in [3.8, 4) is 0 Å². The van der Waals surface area contributed by atoms with Crippen molar-refractivity contribution in [3.63, 3.8) is 0 Å². The number of unbranched alkanes of at least 4 members (excludes halogenated alkanes) is 3. The minimum Gasteiger partial charge on any atom is -0.394 e. The molecule has 1 heterocycles. The molecule has 1 fully saturated rings. The highest BCUT2D eigenvalue weighted by atomic mass is 16.7. The standard InChI is InChI=1S/C12H24O4/c1-2-3-4-5-8-15-12-7-6-10(14)11(9-13)16-12/h10-14H,2-9H2,1H3/t10?,11?,12-/m1/s1. The Hall–Kier alpha value is -0.160. The second-order valence-corrected chi connectivity index (χ2v) is 4.36. The van der Waals surface area contributed by atoms with E-state index in [1.54, 1.807) is 0 Å². The summed E-state index contributed by atoms with van der Waals surface area (Å²) in [6.45, 7) is 2.74. The number of rotatable bonds is 7. The first-order valence-corrected chi connectivity index (χ1v) is 6.34. The molecule has 96 valence electrons. The SMILES string of the molecule is CCCCCCO[C@H]1CCC(O)C(CO)O1. The van der Waals surface area contributed by atoms with Crippen LogP contribution in [0.25, 0.3) is 0 Å². The highest BCUT2D eigenvalue weighted by Crippen LogP contribution is 2.20. The number of hydrogen-bond acceptors (Lipinski definition) is 4. The van der Waals surface area contributed by atoms with Gasteiger partial charge in [-0.1, -0.05) is 26.2 Å². The molecule has 0 spiro atoms. The van der Waals surface area contributed by atoms with E-state index in [9.17, 15) is 5.11 Å². The zero-order chi connectivity index (χ0) is 11.8. The molecule has 0 aromatic heterocycles. The van der Waals surface area contributed by atoms with Gasteiger partial charge in [-0.3, -0.25) is 0 Å². The Kier molecular flexibility index (Phi) is 6.96. The van der Waals surface area contributed by atoms with Crippen LogP contribution in [-0.2, 0) is 9.47 Å². The summed E-state index contributed by atoms with van der Waals surface area (Å²) in [5.41, 5.74) is 0. The smallest absolute Gasteiger partial charge is 0.158 e. The number of aliphatic hydroxyl groups excluding tert-OH is 2. The fourth-order valence-corrected chi connectivity index (χ4v) is 1.88. The molecule has 0 saturated carbocycles. The van der Waals surface area contributed by atoms with E-state index in [2.05, 4.69) is 6.92 Å². The Labute approximate surface area is 97.6 Å². The molecule has 1 rings (SSSR count). The van der Waals surface area contributed by atoms with Crippen LogP contribution in [0.5, 0.6) is 0 Å². The van der Waals surface area contributed by atoms with Crippen LogP contribution in [0.3, 0.4) is 0 Å². The molecule has 0 aromatic carbocycles. The highest BCUT2D eigenvalue weighted by Gasteiger charge is 2.29. The van der Waals surface area contributed by atoms with E-state index in [1.165, 1.54) is 19.3 Å². The van der Waals surface area contributed by atoms with Crippen molar-refractivity contribution in [3.05, 3.63) is 0 Å². The second-order valence-electron chi connectivity index (χ2n) is 4.36. The molecule has 0 amide bonds. The van der Waals surface area contributed by atoms with Gasteiger partial charge in [0.05, 0.1) is 12.7 Å². The maximum absolute atomic E-state index is 9.49. The van der Waals surface area contributed by atoms with Gasteiger partial charge in [-0.25, -0.2) is 0 Å². The van der Waals surface area contributed by atoms with Gasteiger partial charge in [-0.15, -0.1) is 0 Å². The molecule has 0 aliphatic carbocycles. The third-order valence-corrected chi connectivity index (χ3v) is 2.94. The van der Waals surface area contributed by atoms with Crippen molar-refractivity contribution in [2.24, 2.45) is 0 Å². The maximum Gasteiger partial charge on any atom is 0.158 e. The van der Waals surface area contributed by atoms with Crippen LogP contribution < -0.4 is 0 Å². The molecule has 1 aliphatic rings. The summed E-state index contributed by atoms with van der Waals surface area (Å²) in [5, 5.41) is 18.5. The molecule has 0 aromatic rings. The molecular formula is C12H24O4. The first-order chi connectivity index (χ1) is 7.77. The second kappa shape index (κ2) is 8.01. The van der Waals surface area contributed by atoms with Gasteiger partial charge in [0.1, 0.15) is 6.10 Å². The monoisotopic (exact) mass is 232 g/mol. The summed E-state index contributed by atoms with van der Waals surface area (Å²) in [5.74, 6) is 0. The van der Waals surface area contributed by atoms with E-state index in [0.717, 1.165) is 6.42 Å². The van der Waals surface area contributed by atoms with Gasteiger partial charge in [-0.05, 0) is 12.8 Å². The first kappa shape index (κ1) is 13.9. The van der Waals surface area contributed by atoms with Crippen LogP contribution in [0.15, 0.2) is 0 Å². The van der Waals surface area contributed by atoms with Crippen molar-refractivity contribution in [2.45, 2.75) is 63.9 Å². The van der Waals surface area contributed by atoms with Crippen molar-refractivity contribution < 1.29 is 19.7 Å². The summed E-state index contributed by atoms with van der Waals surface area (Å²) >= 11 is 0. The number of aliphatic hydroxyl groups is 2. The van der Waals surface area contributed by atoms with Crippen LogP contribution in [0, 0.1) is 0 Å². The van der Waals surface area contributed by atoms with Gasteiger partial charge in [0.15, 0.2) is 6.29 Å². The molecule has 1 saturated heterocycles. The van der Waals surface area contributed by atoms with E-state index in [4.69, 9.17) is 14.6 Å².